The standard InChI is InChI=1S/C26H31FN2O4/c1-18(26(31)28-21-7-3-4-8-21)29(17-20-6-2-5-9-22(20)27)25(30)13-11-19-10-12-23-24(16-19)33-15-14-32-23/h2,5-6,9-10,12,16,18,21H,3-4,7-8,11,13-15,17H2,1H3,(H,28,31). The van der Waals surface area contributed by atoms with Crippen molar-refractivity contribution in [3.63, 3.8) is 0 Å². The number of benzene rings is 2. The van der Waals surface area contributed by atoms with Gasteiger partial charge in [0.1, 0.15) is 25.1 Å². The van der Waals surface area contributed by atoms with Gasteiger partial charge in [-0.1, -0.05) is 37.1 Å². The van der Waals surface area contributed by atoms with E-state index in [1.807, 2.05) is 18.2 Å². The third-order valence-electron chi connectivity index (χ3n) is 6.40. The van der Waals surface area contributed by atoms with E-state index in [4.69, 9.17) is 9.47 Å². The third-order valence-corrected chi connectivity index (χ3v) is 6.40. The SMILES string of the molecule is CC(C(=O)NC1CCCC1)N(Cc1ccccc1F)C(=O)CCc1ccc2c(c1)OCCO2. The van der Waals surface area contributed by atoms with Crippen LogP contribution in [-0.4, -0.2) is 42.0 Å². The zero-order chi connectivity index (χ0) is 23.2. The Hall–Kier alpha value is -3.09. The molecule has 1 aliphatic heterocycles. The summed E-state index contributed by atoms with van der Waals surface area (Å²) < 4.78 is 25.5. The van der Waals surface area contributed by atoms with Crippen molar-refractivity contribution in [2.45, 2.75) is 64.1 Å². The van der Waals surface area contributed by atoms with Crippen molar-refractivity contribution in [1.82, 2.24) is 10.2 Å². The van der Waals surface area contributed by atoms with Crippen molar-refractivity contribution in [3.05, 3.63) is 59.4 Å². The molecule has 1 unspecified atom stereocenters. The van der Waals surface area contributed by atoms with Gasteiger partial charge in [0.25, 0.3) is 0 Å². The summed E-state index contributed by atoms with van der Waals surface area (Å²) in [7, 11) is 0. The summed E-state index contributed by atoms with van der Waals surface area (Å²) in [4.78, 5) is 27.7. The molecule has 7 heteroatoms. The molecule has 1 saturated carbocycles. The molecule has 1 heterocycles. The number of ether oxygens (including phenoxy) is 2. The van der Waals surface area contributed by atoms with Crippen LogP contribution in [-0.2, 0) is 22.6 Å². The first kappa shape index (κ1) is 23.1. The first-order valence-corrected chi connectivity index (χ1v) is 11.7. The van der Waals surface area contributed by atoms with Crippen LogP contribution in [0.15, 0.2) is 42.5 Å². The zero-order valence-electron chi connectivity index (χ0n) is 19.0. The fourth-order valence-corrected chi connectivity index (χ4v) is 4.42. The molecule has 0 radical (unpaired) electrons. The van der Waals surface area contributed by atoms with Crippen molar-refractivity contribution < 1.29 is 23.5 Å². The molecule has 0 bridgehead atoms. The zero-order valence-corrected chi connectivity index (χ0v) is 19.0. The van der Waals surface area contributed by atoms with E-state index in [0.717, 1.165) is 31.2 Å². The molecule has 2 amide bonds. The minimum Gasteiger partial charge on any atom is -0.486 e. The van der Waals surface area contributed by atoms with E-state index in [1.165, 1.54) is 11.0 Å². The van der Waals surface area contributed by atoms with Gasteiger partial charge in [0.2, 0.25) is 11.8 Å². The Morgan fingerprint density at radius 3 is 2.58 bits per heavy atom. The van der Waals surface area contributed by atoms with Gasteiger partial charge >= 0.3 is 0 Å². The second-order valence-electron chi connectivity index (χ2n) is 8.76. The van der Waals surface area contributed by atoms with E-state index in [2.05, 4.69) is 5.32 Å². The number of nitrogens with one attached hydrogen (secondary N) is 1. The van der Waals surface area contributed by atoms with Gasteiger partial charge in [-0.2, -0.15) is 0 Å². The molecule has 1 atom stereocenters. The number of carbonyl (C=O) groups is 2. The summed E-state index contributed by atoms with van der Waals surface area (Å²) in [5.74, 6) is 0.618. The van der Waals surface area contributed by atoms with Gasteiger partial charge in [0.15, 0.2) is 11.5 Å². The molecule has 176 valence electrons. The third kappa shape index (κ3) is 5.83. The number of aryl methyl sites for hydroxylation is 1. The minimum absolute atomic E-state index is 0.0475. The highest BCUT2D eigenvalue weighted by atomic mass is 19.1. The number of rotatable bonds is 8. The molecule has 4 rings (SSSR count). The van der Waals surface area contributed by atoms with Crippen molar-refractivity contribution in [3.8, 4) is 11.5 Å². The van der Waals surface area contributed by atoms with Gasteiger partial charge in [-0.3, -0.25) is 9.59 Å². The summed E-state index contributed by atoms with van der Waals surface area (Å²) in [5.41, 5.74) is 1.34. The van der Waals surface area contributed by atoms with Crippen molar-refractivity contribution in [2.75, 3.05) is 13.2 Å². The topological polar surface area (TPSA) is 67.9 Å². The normalized spacial score (nSPS) is 16.3. The molecule has 0 saturated heterocycles. The molecule has 6 nitrogen and oxygen atoms in total. The average Bonchev–Trinajstić information content (AvgIpc) is 3.34. The molecular weight excluding hydrogens is 423 g/mol. The highest BCUT2D eigenvalue weighted by molar-refractivity contribution is 5.87. The molecule has 0 aromatic heterocycles. The van der Waals surface area contributed by atoms with E-state index < -0.39 is 6.04 Å². The molecule has 1 aliphatic carbocycles. The molecule has 2 aromatic carbocycles. The van der Waals surface area contributed by atoms with E-state index in [-0.39, 0.29) is 36.6 Å². The Labute approximate surface area is 194 Å². The van der Waals surface area contributed by atoms with Gasteiger partial charge < -0.3 is 19.7 Å². The second kappa shape index (κ2) is 10.7. The Morgan fingerprint density at radius 2 is 1.82 bits per heavy atom. The Kier molecular flexibility index (Phi) is 7.47. The summed E-state index contributed by atoms with van der Waals surface area (Å²) >= 11 is 0. The molecular formula is C26H31FN2O4. The number of amides is 2. The van der Waals surface area contributed by atoms with Gasteiger partial charge in [0, 0.05) is 24.6 Å². The maximum atomic E-state index is 14.4. The second-order valence-corrected chi connectivity index (χ2v) is 8.76. The highest BCUT2D eigenvalue weighted by Gasteiger charge is 2.29. The largest absolute Gasteiger partial charge is 0.486 e. The Bertz CT molecular complexity index is 990. The molecule has 0 spiro atoms. The lowest BCUT2D eigenvalue weighted by Crippen LogP contribution is -2.49. The van der Waals surface area contributed by atoms with Crippen LogP contribution in [0.5, 0.6) is 11.5 Å². The predicted molar refractivity (Wildman–Crippen MR) is 123 cm³/mol. The van der Waals surface area contributed by atoms with Crippen molar-refractivity contribution in [1.29, 1.82) is 0 Å². The molecule has 33 heavy (non-hydrogen) atoms. The number of nitrogens with zero attached hydrogens (tertiary/aromatic N) is 1. The predicted octanol–water partition coefficient (Wildman–Crippen LogP) is 4.01. The van der Waals surface area contributed by atoms with Crippen LogP contribution in [0.4, 0.5) is 4.39 Å². The maximum Gasteiger partial charge on any atom is 0.242 e. The van der Waals surface area contributed by atoms with E-state index in [0.29, 0.717) is 36.7 Å². The molecule has 1 fully saturated rings. The van der Waals surface area contributed by atoms with Crippen LogP contribution < -0.4 is 14.8 Å². The Morgan fingerprint density at radius 1 is 1.09 bits per heavy atom. The van der Waals surface area contributed by atoms with Crippen molar-refractivity contribution in [2.24, 2.45) is 0 Å². The summed E-state index contributed by atoms with van der Waals surface area (Å²) in [6, 6.07) is 11.5. The van der Waals surface area contributed by atoms with Crippen LogP contribution in [0.2, 0.25) is 0 Å². The number of hydrogen-bond acceptors (Lipinski definition) is 4. The summed E-state index contributed by atoms with van der Waals surface area (Å²) in [5, 5.41) is 3.07. The lowest BCUT2D eigenvalue weighted by Gasteiger charge is -2.30. The van der Waals surface area contributed by atoms with E-state index in [9.17, 15) is 14.0 Å². The van der Waals surface area contributed by atoms with Crippen LogP contribution in [0.3, 0.4) is 0 Å². The van der Waals surface area contributed by atoms with Crippen LogP contribution in [0, 0.1) is 5.82 Å². The summed E-state index contributed by atoms with van der Waals surface area (Å²) in [6.45, 7) is 2.79. The van der Waals surface area contributed by atoms with Crippen molar-refractivity contribution >= 4 is 11.8 Å². The van der Waals surface area contributed by atoms with Gasteiger partial charge in [-0.25, -0.2) is 4.39 Å². The number of fused-ring (bicyclic) bond motifs is 1. The lowest BCUT2D eigenvalue weighted by atomic mass is 10.1. The molecule has 1 N–H and O–H groups in total. The first-order chi connectivity index (χ1) is 16.0. The highest BCUT2D eigenvalue weighted by Crippen LogP contribution is 2.31. The van der Waals surface area contributed by atoms with Crippen LogP contribution in [0.1, 0.15) is 50.2 Å². The van der Waals surface area contributed by atoms with E-state index in [1.54, 1.807) is 25.1 Å². The average molecular weight is 455 g/mol. The number of halogens is 1. The molecule has 2 aromatic rings. The first-order valence-electron chi connectivity index (χ1n) is 11.7. The fourth-order valence-electron chi connectivity index (χ4n) is 4.42. The fraction of sp³-hybridized carbons (Fsp3) is 0.462. The smallest absolute Gasteiger partial charge is 0.242 e. The van der Waals surface area contributed by atoms with Gasteiger partial charge in [0.05, 0.1) is 0 Å². The summed E-state index contributed by atoms with van der Waals surface area (Å²) in [6.07, 6.45) is 4.82. The number of hydrogen-bond donors (Lipinski definition) is 1. The Balaban J connectivity index is 1.46. The monoisotopic (exact) mass is 454 g/mol. The molecule has 2 aliphatic rings. The van der Waals surface area contributed by atoms with Crippen LogP contribution >= 0.6 is 0 Å². The van der Waals surface area contributed by atoms with Gasteiger partial charge in [-0.15, -0.1) is 0 Å². The van der Waals surface area contributed by atoms with Crippen LogP contribution in [0.25, 0.3) is 0 Å². The lowest BCUT2D eigenvalue weighted by molar-refractivity contribution is -0.140. The number of carbonyl (C=O) groups excluding carboxylic acids is 2. The quantitative estimate of drug-likeness (QED) is 0.655. The minimum atomic E-state index is -0.696. The van der Waals surface area contributed by atoms with E-state index >= 15 is 0 Å². The maximum absolute atomic E-state index is 14.4. The van der Waals surface area contributed by atoms with Gasteiger partial charge in [-0.05, 0) is 49.9 Å².